The lowest BCUT2D eigenvalue weighted by atomic mass is 10.2. The van der Waals surface area contributed by atoms with Crippen molar-refractivity contribution >= 4 is 5.96 Å². The van der Waals surface area contributed by atoms with Crippen molar-refractivity contribution in [3.05, 3.63) is 71.9 Å². The van der Waals surface area contributed by atoms with Crippen LogP contribution < -0.4 is 10.1 Å². The molecule has 7 heteroatoms. The van der Waals surface area contributed by atoms with Gasteiger partial charge in [0, 0.05) is 38.7 Å². The van der Waals surface area contributed by atoms with Gasteiger partial charge in [-0.25, -0.2) is 9.37 Å². The van der Waals surface area contributed by atoms with Crippen LogP contribution in [-0.2, 0) is 13.0 Å². The van der Waals surface area contributed by atoms with Gasteiger partial charge in [-0.3, -0.25) is 4.99 Å². The molecule has 0 saturated carbocycles. The number of nitrogens with one attached hydrogen (secondary N) is 1. The fourth-order valence-electron chi connectivity index (χ4n) is 2.97. The molecule has 3 rings (SSSR count). The number of rotatable bonds is 8. The highest BCUT2D eigenvalue weighted by Crippen LogP contribution is 2.19. The monoisotopic (exact) mass is 410 g/mol. The summed E-state index contributed by atoms with van der Waals surface area (Å²) in [5, 5.41) is 3.32. The first-order valence-corrected chi connectivity index (χ1v) is 9.91. The van der Waals surface area contributed by atoms with Crippen LogP contribution in [0.2, 0.25) is 0 Å². The topological polar surface area (TPSA) is 62.9 Å². The van der Waals surface area contributed by atoms with Crippen LogP contribution in [0.5, 0.6) is 5.75 Å². The number of aromatic nitrogens is 1. The van der Waals surface area contributed by atoms with Gasteiger partial charge < -0.3 is 19.4 Å². The SMILES string of the molecule is CCNC(=NCCc1coc(-c2ccc(F)cc2)n1)N(C)Cc1ccc(OC)cc1. The van der Waals surface area contributed by atoms with Gasteiger partial charge in [-0.1, -0.05) is 12.1 Å². The summed E-state index contributed by atoms with van der Waals surface area (Å²) in [6, 6.07) is 14.1. The van der Waals surface area contributed by atoms with Crippen molar-refractivity contribution in [2.45, 2.75) is 19.9 Å². The molecule has 1 aromatic heterocycles. The van der Waals surface area contributed by atoms with E-state index in [4.69, 9.17) is 14.1 Å². The molecule has 0 radical (unpaired) electrons. The number of oxazole rings is 1. The first-order chi connectivity index (χ1) is 14.6. The summed E-state index contributed by atoms with van der Waals surface area (Å²) >= 11 is 0. The third kappa shape index (κ3) is 5.83. The van der Waals surface area contributed by atoms with Crippen molar-refractivity contribution in [2.75, 3.05) is 27.2 Å². The molecule has 30 heavy (non-hydrogen) atoms. The Morgan fingerprint density at radius 1 is 1.17 bits per heavy atom. The molecule has 0 atom stereocenters. The maximum absolute atomic E-state index is 13.1. The number of ether oxygens (including phenoxy) is 1. The van der Waals surface area contributed by atoms with E-state index in [2.05, 4.69) is 15.2 Å². The lowest BCUT2D eigenvalue weighted by molar-refractivity contribution is 0.414. The summed E-state index contributed by atoms with van der Waals surface area (Å²) in [5.74, 6) is 1.87. The molecule has 0 saturated heterocycles. The molecule has 3 aromatic rings. The lowest BCUT2D eigenvalue weighted by Gasteiger charge is -2.22. The molecule has 0 amide bonds. The second kappa shape index (κ2) is 10.4. The van der Waals surface area contributed by atoms with E-state index in [1.165, 1.54) is 17.7 Å². The lowest BCUT2D eigenvalue weighted by Crippen LogP contribution is -2.38. The van der Waals surface area contributed by atoms with E-state index in [0.29, 0.717) is 18.9 Å². The van der Waals surface area contributed by atoms with Gasteiger partial charge in [0.05, 0.1) is 12.8 Å². The third-order valence-corrected chi connectivity index (χ3v) is 4.55. The molecule has 6 nitrogen and oxygen atoms in total. The molecule has 0 unspecified atom stereocenters. The number of nitrogens with zero attached hydrogens (tertiary/aromatic N) is 3. The van der Waals surface area contributed by atoms with E-state index in [1.54, 1.807) is 25.5 Å². The van der Waals surface area contributed by atoms with Gasteiger partial charge in [0.1, 0.15) is 17.8 Å². The molecule has 158 valence electrons. The standard InChI is InChI=1S/C23H27FN4O2/c1-4-25-23(28(2)15-17-5-11-21(29-3)12-6-17)26-14-13-20-16-30-22(27-20)18-7-9-19(24)10-8-18/h5-12,16H,4,13-15H2,1-3H3,(H,25,26). The molecular formula is C23H27FN4O2. The van der Waals surface area contributed by atoms with Crippen LogP contribution in [-0.4, -0.2) is 43.1 Å². The maximum Gasteiger partial charge on any atom is 0.226 e. The van der Waals surface area contributed by atoms with Crippen molar-refractivity contribution in [3.8, 4) is 17.2 Å². The van der Waals surface area contributed by atoms with Crippen molar-refractivity contribution in [3.63, 3.8) is 0 Å². The van der Waals surface area contributed by atoms with Gasteiger partial charge in [0.25, 0.3) is 0 Å². The Bertz CT molecular complexity index is 952. The van der Waals surface area contributed by atoms with Crippen LogP contribution in [0.25, 0.3) is 11.5 Å². The van der Waals surface area contributed by atoms with Gasteiger partial charge in [-0.2, -0.15) is 0 Å². The smallest absolute Gasteiger partial charge is 0.226 e. The summed E-state index contributed by atoms with van der Waals surface area (Å²) in [6.45, 7) is 4.13. The molecular weight excluding hydrogens is 383 g/mol. The van der Waals surface area contributed by atoms with Crippen LogP contribution in [0.4, 0.5) is 4.39 Å². The van der Waals surface area contributed by atoms with Crippen LogP contribution in [0.15, 0.2) is 64.2 Å². The fourth-order valence-corrected chi connectivity index (χ4v) is 2.97. The number of aliphatic imine (C=N–C) groups is 1. The zero-order valence-corrected chi connectivity index (χ0v) is 17.6. The summed E-state index contributed by atoms with van der Waals surface area (Å²) in [6.07, 6.45) is 2.28. The second-order valence-corrected chi connectivity index (χ2v) is 6.84. The number of methoxy groups -OCH3 is 1. The van der Waals surface area contributed by atoms with Crippen molar-refractivity contribution in [1.82, 2.24) is 15.2 Å². The highest BCUT2D eigenvalue weighted by atomic mass is 19.1. The highest BCUT2D eigenvalue weighted by molar-refractivity contribution is 5.79. The van der Waals surface area contributed by atoms with E-state index in [0.717, 1.165) is 36.1 Å². The van der Waals surface area contributed by atoms with E-state index in [-0.39, 0.29) is 5.82 Å². The normalized spacial score (nSPS) is 11.4. The summed E-state index contributed by atoms with van der Waals surface area (Å²) in [4.78, 5) is 11.3. The molecule has 1 N–H and O–H groups in total. The van der Waals surface area contributed by atoms with Crippen LogP contribution in [0.3, 0.4) is 0 Å². The first kappa shape index (κ1) is 21.4. The zero-order chi connectivity index (χ0) is 21.3. The molecule has 1 heterocycles. The summed E-state index contributed by atoms with van der Waals surface area (Å²) < 4.78 is 23.8. The Labute approximate surface area is 176 Å². The number of halogens is 1. The van der Waals surface area contributed by atoms with E-state index >= 15 is 0 Å². The maximum atomic E-state index is 13.1. The Morgan fingerprint density at radius 3 is 2.57 bits per heavy atom. The molecule has 0 bridgehead atoms. The quantitative estimate of drug-likeness (QED) is 0.447. The molecule has 0 fully saturated rings. The van der Waals surface area contributed by atoms with Gasteiger partial charge in [-0.05, 0) is 48.9 Å². The predicted molar refractivity (Wildman–Crippen MR) is 116 cm³/mol. The average Bonchev–Trinajstić information content (AvgIpc) is 3.23. The van der Waals surface area contributed by atoms with Crippen molar-refractivity contribution in [1.29, 1.82) is 0 Å². The fraction of sp³-hybridized carbons (Fsp3) is 0.304. The highest BCUT2D eigenvalue weighted by Gasteiger charge is 2.09. The van der Waals surface area contributed by atoms with Crippen molar-refractivity contribution in [2.24, 2.45) is 4.99 Å². The number of benzene rings is 2. The van der Waals surface area contributed by atoms with E-state index < -0.39 is 0 Å². The van der Waals surface area contributed by atoms with E-state index in [1.807, 2.05) is 38.2 Å². The predicted octanol–water partition coefficient (Wildman–Crippen LogP) is 4.13. The number of hydrogen-bond donors (Lipinski definition) is 1. The van der Waals surface area contributed by atoms with Crippen LogP contribution in [0.1, 0.15) is 18.2 Å². The summed E-state index contributed by atoms with van der Waals surface area (Å²) in [5.41, 5.74) is 2.73. The van der Waals surface area contributed by atoms with Gasteiger partial charge in [0.15, 0.2) is 5.96 Å². The Hall–Kier alpha value is -3.35. The summed E-state index contributed by atoms with van der Waals surface area (Å²) in [7, 11) is 3.67. The third-order valence-electron chi connectivity index (χ3n) is 4.55. The minimum atomic E-state index is -0.283. The minimum absolute atomic E-state index is 0.283. The van der Waals surface area contributed by atoms with Crippen molar-refractivity contribution < 1.29 is 13.5 Å². The average molecular weight is 410 g/mol. The number of hydrogen-bond acceptors (Lipinski definition) is 4. The van der Waals surface area contributed by atoms with Gasteiger partial charge in [-0.15, -0.1) is 0 Å². The van der Waals surface area contributed by atoms with Crippen LogP contribution >= 0.6 is 0 Å². The molecule has 0 spiro atoms. The number of guanidine groups is 1. The Morgan fingerprint density at radius 2 is 1.90 bits per heavy atom. The largest absolute Gasteiger partial charge is 0.497 e. The zero-order valence-electron chi connectivity index (χ0n) is 17.6. The molecule has 2 aromatic carbocycles. The molecule has 0 aliphatic rings. The molecule has 0 aliphatic heterocycles. The second-order valence-electron chi connectivity index (χ2n) is 6.84. The molecule has 0 aliphatic carbocycles. The Balaban J connectivity index is 1.59. The van der Waals surface area contributed by atoms with Gasteiger partial charge >= 0.3 is 0 Å². The minimum Gasteiger partial charge on any atom is -0.497 e. The van der Waals surface area contributed by atoms with Crippen LogP contribution in [0, 0.1) is 5.82 Å². The Kier molecular flexibility index (Phi) is 7.43. The van der Waals surface area contributed by atoms with E-state index in [9.17, 15) is 4.39 Å². The first-order valence-electron chi connectivity index (χ1n) is 9.91. The van der Waals surface area contributed by atoms with Gasteiger partial charge in [0.2, 0.25) is 5.89 Å².